The van der Waals surface area contributed by atoms with Crippen molar-refractivity contribution >= 4 is 71.6 Å². The topological polar surface area (TPSA) is 316 Å². The molecule has 26 heteroatoms. The van der Waals surface area contributed by atoms with Crippen LogP contribution in [0, 0.1) is 53.3 Å². The van der Waals surface area contributed by atoms with Gasteiger partial charge in [-0.05, 0) is 91.9 Å². The Morgan fingerprint density at radius 3 is 1.41 bits per heavy atom. The normalized spacial score (nSPS) is 30.9. The van der Waals surface area contributed by atoms with Crippen molar-refractivity contribution in [2.75, 3.05) is 33.0 Å². The summed E-state index contributed by atoms with van der Waals surface area (Å²) in [6, 6.07) is 0. The quantitative estimate of drug-likeness (QED) is 0.0820. The number of halogens is 2. The van der Waals surface area contributed by atoms with Crippen LogP contribution < -0.4 is 0 Å². The highest BCUT2D eigenvalue weighted by atomic mass is 19.3. The Balaban J connectivity index is 0.000000173. The zero-order valence-corrected chi connectivity index (χ0v) is 48.2. The predicted molar refractivity (Wildman–Crippen MR) is 282 cm³/mol. The number of hydrogen-bond donors (Lipinski definition) is 0. The molecule has 5 aliphatic heterocycles. The van der Waals surface area contributed by atoms with Gasteiger partial charge in [0.15, 0.2) is 13.2 Å². The maximum atomic E-state index is 12.2. The number of esters is 12. The van der Waals surface area contributed by atoms with Crippen LogP contribution in [0.3, 0.4) is 0 Å². The van der Waals surface area contributed by atoms with E-state index in [-0.39, 0.29) is 119 Å². The zero-order chi connectivity index (χ0) is 62.9. The van der Waals surface area contributed by atoms with Gasteiger partial charge in [-0.1, -0.05) is 32.9 Å². The Bertz CT molecular complexity index is 2740. The second-order valence-electron chi connectivity index (χ2n) is 22.9. The van der Waals surface area contributed by atoms with E-state index < -0.39 is 91.8 Å². The van der Waals surface area contributed by atoms with E-state index in [4.69, 9.17) is 42.6 Å². The third-order valence-electron chi connectivity index (χ3n) is 15.9. The molecule has 0 spiro atoms. The molecule has 466 valence electrons. The van der Waals surface area contributed by atoms with Crippen LogP contribution in [0.5, 0.6) is 0 Å². The molecule has 6 saturated carbocycles. The highest BCUT2D eigenvalue weighted by Gasteiger charge is 2.64. The number of hydrogen-bond acceptors (Lipinski definition) is 24. The van der Waals surface area contributed by atoms with Crippen molar-refractivity contribution in [1.82, 2.24) is 0 Å². The van der Waals surface area contributed by atoms with Crippen molar-refractivity contribution in [1.29, 1.82) is 0 Å². The Morgan fingerprint density at radius 1 is 0.494 bits per heavy atom. The lowest BCUT2D eigenvalue weighted by atomic mass is 9.67. The summed E-state index contributed by atoms with van der Waals surface area (Å²) in [5.74, 6) is -8.54. The first-order valence-corrected chi connectivity index (χ1v) is 27.8. The average molecular weight is 1200 g/mol. The van der Waals surface area contributed by atoms with Crippen molar-refractivity contribution in [3.63, 3.8) is 0 Å². The fourth-order valence-corrected chi connectivity index (χ4v) is 12.0. The van der Waals surface area contributed by atoms with E-state index in [1.807, 2.05) is 0 Å². The molecule has 5 saturated heterocycles. The minimum Gasteiger partial charge on any atom is -0.463 e. The minimum atomic E-state index is -3.53. The van der Waals surface area contributed by atoms with Gasteiger partial charge in [-0.15, -0.1) is 0 Å². The van der Waals surface area contributed by atoms with E-state index in [1.54, 1.807) is 6.92 Å². The lowest BCUT2D eigenvalue weighted by molar-refractivity contribution is -0.177. The zero-order valence-electron chi connectivity index (χ0n) is 48.2. The molecule has 85 heavy (non-hydrogen) atoms. The second-order valence-corrected chi connectivity index (χ2v) is 22.9. The molecule has 8 bridgehead atoms. The summed E-state index contributed by atoms with van der Waals surface area (Å²) < 4.78 is 84.2. The Morgan fingerprint density at radius 2 is 0.941 bits per heavy atom. The number of carbonyl (C=O) groups excluding carboxylic acids is 12. The first-order valence-electron chi connectivity index (χ1n) is 27.8. The van der Waals surface area contributed by atoms with E-state index in [0.717, 1.165) is 51.4 Å². The van der Waals surface area contributed by atoms with Crippen LogP contribution >= 0.6 is 0 Å². The van der Waals surface area contributed by atoms with Gasteiger partial charge in [0.2, 0.25) is 6.10 Å². The highest BCUT2D eigenvalue weighted by molar-refractivity contribution is 5.91. The van der Waals surface area contributed by atoms with E-state index in [9.17, 15) is 66.3 Å². The molecule has 24 nitrogen and oxygen atoms in total. The fraction of sp³-hybridized carbons (Fsp3) is 0.627. The van der Waals surface area contributed by atoms with E-state index in [1.165, 1.54) is 27.7 Å². The fourth-order valence-electron chi connectivity index (χ4n) is 12.0. The number of fused-ring (bicyclic) bond motifs is 3. The average Bonchev–Trinajstić information content (AvgIpc) is 1.68. The molecular weight excluding hydrogens is 1130 g/mol. The summed E-state index contributed by atoms with van der Waals surface area (Å²) in [4.78, 5) is 136. The molecule has 16 atom stereocenters. The van der Waals surface area contributed by atoms with Crippen molar-refractivity contribution in [3.05, 3.63) is 60.8 Å². The van der Waals surface area contributed by atoms with Gasteiger partial charge in [0.25, 0.3) is 0 Å². The lowest BCUT2D eigenvalue weighted by Crippen LogP contribution is -2.45. The Hall–Kier alpha value is -7.80. The SMILES string of the molecule is C=C(C)C(=O)OC1C2CC3C(=O)OC1C3C2.C=C(C)C(=O)OC1CCOC1=O.C=C(C)C(=O)OCC(=O)OC1C2CC3C(=O)OC1C3C2.C=C(C)C(=O)OCC(=O)OC1C2CC3CC(C2)C(=O)OC1C3.C=C(C)C(=O)OCCOC(=O)C(C)(F)F. The Labute approximate surface area is 488 Å². The van der Waals surface area contributed by atoms with Gasteiger partial charge < -0.3 is 56.8 Å². The first-order chi connectivity index (χ1) is 39.8. The number of rotatable bonds is 17. The second kappa shape index (κ2) is 28.4. The van der Waals surface area contributed by atoms with Gasteiger partial charge >= 0.3 is 77.6 Å². The number of alkyl halides is 2. The van der Waals surface area contributed by atoms with E-state index in [0.29, 0.717) is 37.4 Å². The van der Waals surface area contributed by atoms with Crippen molar-refractivity contribution in [2.45, 2.75) is 148 Å². The van der Waals surface area contributed by atoms with Gasteiger partial charge in [-0.25, -0.2) is 43.2 Å². The third kappa shape index (κ3) is 17.0. The minimum absolute atomic E-state index is 0.0128. The van der Waals surface area contributed by atoms with Crippen molar-refractivity contribution in [3.8, 4) is 0 Å². The monoisotopic (exact) mass is 1200 g/mol. The molecule has 0 aromatic rings. The molecule has 5 heterocycles. The molecule has 0 N–H and O–H groups in total. The highest BCUT2D eigenvalue weighted by Crippen LogP contribution is 2.57. The van der Waals surface area contributed by atoms with E-state index in [2.05, 4.69) is 47.1 Å². The molecule has 11 rings (SSSR count). The number of cyclic esters (lactones) is 1. The summed E-state index contributed by atoms with van der Waals surface area (Å²) in [5, 5.41) is 0. The molecule has 0 aromatic heterocycles. The van der Waals surface area contributed by atoms with Gasteiger partial charge in [-0.3, -0.25) is 14.4 Å². The maximum Gasteiger partial charge on any atom is 0.376 e. The van der Waals surface area contributed by atoms with Crippen LogP contribution in [0.15, 0.2) is 60.8 Å². The van der Waals surface area contributed by atoms with Crippen LogP contribution in [0.1, 0.15) is 99.3 Å². The lowest BCUT2D eigenvalue weighted by Gasteiger charge is -2.41. The molecule has 16 unspecified atom stereocenters. The summed E-state index contributed by atoms with van der Waals surface area (Å²) in [6.45, 7) is 23.9. The summed E-state index contributed by atoms with van der Waals surface area (Å²) in [6.07, 6.45) is 4.49. The number of carbonyl (C=O) groups is 12. The van der Waals surface area contributed by atoms with Crippen LogP contribution in [0.4, 0.5) is 8.78 Å². The maximum absolute atomic E-state index is 12.2. The van der Waals surface area contributed by atoms with Crippen LogP contribution in [-0.2, 0) is 114 Å². The Kier molecular flexibility index (Phi) is 22.2. The largest absolute Gasteiger partial charge is 0.463 e. The van der Waals surface area contributed by atoms with Crippen molar-refractivity contribution in [2.24, 2.45) is 53.3 Å². The summed E-state index contributed by atoms with van der Waals surface area (Å²) >= 11 is 0. The van der Waals surface area contributed by atoms with Gasteiger partial charge in [-0.2, -0.15) is 8.78 Å². The summed E-state index contributed by atoms with van der Waals surface area (Å²) in [7, 11) is 0. The van der Waals surface area contributed by atoms with Gasteiger partial charge in [0.1, 0.15) is 49.8 Å². The molecule has 11 aliphatic rings. The van der Waals surface area contributed by atoms with E-state index >= 15 is 0 Å². The number of ether oxygens (including phenoxy) is 12. The molecular formula is C59H72F2O24. The molecule has 0 aromatic carbocycles. The standard InChI is InChI=1S/C16H20O6.C14H16O6.C12H14O4.C9H12F2O4.C8H10O4/c1-8(2)15(18)20-7-13(17)22-14-10-3-9-4-11(6-10)16(19)21-12(14)5-9;1-6(2)13(16)18-5-10(15)19-11-7-3-8-9(4-7)14(17)20-12(8)11;1-5(2)11(13)15-9-6-3-7-8(4-6)12(14)16-10(7)9;1-6(2)7(12)14-4-5-15-8(13)9(3,10)11;1-5(2)7(9)12-6-3-4-11-8(6)10/h9-12,14H,1,3-7H2,2H3;7-9,11-12H,1,3-5H2,2H3;6-10H,1,3-4H2,2H3;1,4-5H2,2-3H3;6H,1,3-4H2,2H3. The van der Waals surface area contributed by atoms with Crippen LogP contribution in [-0.4, -0.2) is 153 Å². The third-order valence-corrected chi connectivity index (χ3v) is 15.9. The van der Waals surface area contributed by atoms with Crippen LogP contribution in [0.25, 0.3) is 0 Å². The molecule has 11 fully saturated rings. The molecule has 0 amide bonds. The molecule has 0 radical (unpaired) electrons. The molecule has 6 aliphatic carbocycles. The smallest absolute Gasteiger partial charge is 0.376 e. The van der Waals surface area contributed by atoms with Crippen LogP contribution in [0.2, 0.25) is 0 Å². The van der Waals surface area contributed by atoms with Gasteiger partial charge in [0, 0.05) is 70.8 Å². The summed E-state index contributed by atoms with van der Waals surface area (Å²) in [5.41, 5.74) is 1.32. The first kappa shape index (κ1) is 66.3. The predicted octanol–water partition coefficient (Wildman–Crippen LogP) is 4.76. The van der Waals surface area contributed by atoms with Crippen molar-refractivity contribution < 1.29 is 123 Å². The van der Waals surface area contributed by atoms with Gasteiger partial charge in [0.05, 0.1) is 24.4 Å².